The lowest BCUT2D eigenvalue weighted by Crippen LogP contribution is -2.58. The molecule has 0 amide bonds. The molecule has 1 aromatic carbocycles. The van der Waals surface area contributed by atoms with Gasteiger partial charge in [0, 0.05) is 36.4 Å². The number of nitrogen functional groups attached to an aromatic ring is 1. The highest BCUT2D eigenvalue weighted by atomic mass is 35.5. The zero-order valence-electron chi connectivity index (χ0n) is 12.5. The molecule has 2 atom stereocenters. The fourth-order valence-corrected chi connectivity index (χ4v) is 3.89. The highest BCUT2D eigenvalue weighted by Crippen LogP contribution is 2.30. The minimum atomic E-state index is 0.0247. The molecular formula is C16H23ClN4. The standard InChI is InChI=1S/C16H23ClN4/c1-11-9-20-7-3-2-4-13(20)10-21(11)12-5-6-14(16(18)19)15(17)8-12/h5-6,8,11,13H,2-4,7,9-10H2,1H3,(H3,18,19). The van der Waals surface area contributed by atoms with E-state index < -0.39 is 0 Å². The molecule has 0 aromatic heterocycles. The third-order valence-corrected chi connectivity index (χ3v) is 5.07. The van der Waals surface area contributed by atoms with E-state index >= 15 is 0 Å². The number of piperidine rings is 1. The van der Waals surface area contributed by atoms with Crippen LogP contribution in [0.1, 0.15) is 31.7 Å². The first-order chi connectivity index (χ1) is 10.1. The van der Waals surface area contributed by atoms with E-state index in [1.165, 1.54) is 25.8 Å². The molecule has 21 heavy (non-hydrogen) atoms. The van der Waals surface area contributed by atoms with Crippen molar-refractivity contribution in [2.24, 2.45) is 5.73 Å². The normalized spacial score (nSPS) is 26.5. The zero-order chi connectivity index (χ0) is 15.0. The van der Waals surface area contributed by atoms with Gasteiger partial charge in [-0.05, 0) is 44.5 Å². The zero-order valence-corrected chi connectivity index (χ0v) is 13.2. The van der Waals surface area contributed by atoms with Crippen LogP contribution in [0.15, 0.2) is 18.2 Å². The Balaban J connectivity index is 1.82. The summed E-state index contributed by atoms with van der Waals surface area (Å²) in [6.07, 6.45) is 3.97. The van der Waals surface area contributed by atoms with Crippen molar-refractivity contribution in [3.8, 4) is 0 Å². The minimum absolute atomic E-state index is 0.0247. The van der Waals surface area contributed by atoms with Crippen molar-refractivity contribution >= 4 is 23.1 Å². The van der Waals surface area contributed by atoms with Gasteiger partial charge in [-0.3, -0.25) is 10.3 Å². The summed E-state index contributed by atoms with van der Waals surface area (Å²) in [4.78, 5) is 5.08. The Kier molecular flexibility index (Phi) is 4.09. The maximum atomic E-state index is 7.52. The Morgan fingerprint density at radius 2 is 2.14 bits per heavy atom. The van der Waals surface area contributed by atoms with Crippen LogP contribution in [-0.4, -0.2) is 42.5 Å². The van der Waals surface area contributed by atoms with Crippen LogP contribution in [-0.2, 0) is 0 Å². The van der Waals surface area contributed by atoms with Gasteiger partial charge in [-0.2, -0.15) is 0 Å². The number of fused-ring (bicyclic) bond motifs is 1. The van der Waals surface area contributed by atoms with Crippen LogP contribution in [0.4, 0.5) is 5.69 Å². The van der Waals surface area contributed by atoms with Gasteiger partial charge < -0.3 is 10.6 Å². The van der Waals surface area contributed by atoms with E-state index in [-0.39, 0.29) is 5.84 Å². The van der Waals surface area contributed by atoms with Crippen LogP contribution in [0.3, 0.4) is 0 Å². The second-order valence-electron chi connectivity index (χ2n) is 6.22. The van der Waals surface area contributed by atoms with Crippen molar-refractivity contribution in [2.45, 2.75) is 38.3 Å². The number of halogens is 1. The first kappa shape index (κ1) is 14.7. The molecule has 2 fully saturated rings. The molecule has 0 aliphatic carbocycles. The third kappa shape index (κ3) is 2.87. The van der Waals surface area contributed by atoms with Gasteiger partial charge in [0.1, 0.15) is 5.84 Å². The van der Waals surface area contributed by atoms with Gasteiger partial charge in [0.05, 0.1) is 5.02 Å². The molecule has 1 aromatic rings. The number of benzene rings is 1. The lowest BCUT2D eigenvalue weighted by atomic mass is 9.96. The molecule has 0 radical (unpaired) electrons. The molecule has 2 saturated heterocycles. The number of rotatable bonds is 2. The van der Waals surface area contributed by atoms with Gasteiger partial charge in [-0.1, -0.05) is 18.0 Å². The first-order valence-corrected chi connectivity index (χ1v) is 8.08. The SMILES string of the molecule is CC1CN2CCCCC2CN1c1ccc(C(=N)N)c(Cl)c1. The second-order valence-corrected chi connectivity index (χ2v) is 6.63. The molecule has 0 spiro atoms. The van der Waals surface area contributed by atoms with Crippen molar-refractivity contribution in [1.82, 2.24) is 4.90 Å². The number of nitrogens with one attached hydrogen (secondary N) is 1. The summed E-state index contributed by atoms with van der Waals surface area (Å²) in [6, 6.07) is 7.00. The van der Waals surface area contributed by atoms with Crippen LogP contribution in [0, 0.1) is 5.41 Å². The largest absolute Gasteiger partial charge is 0.384 e. The van der Waals surface area contributed by atoms with Crippen LogP contribution in [0.25, 0.3) is 0 Å². The van der Waals surface area contributed by atoms with E-state index in [1.54, 1.807) is 0 Å². The fraction of sp³-hybridized carbons (Fsp3) is 0.562. The van der Waals surface area contributed by atoms with Gasteiger partial charge >= 0.3 is 0 Å². The van der Waals surface area contributed by atoms with E-state index in [4.69, 9.17) is 22.7 Å². The van der Waals surface area contributed by atoms with Crippen LogP contribution < -0.4 is 10.6 Å². The summed E-state index contributed by atoms with van der Waals surface area (Å²) in [5.41, 5.74) is 7.29. The van der Waals surface area contributed by atoms with Crippen LogP contribution in [0.2, 0.25) is 5.02 Å². The van der Waals surface area contributed by atoms with E-state index in [0.29, 0.717) is 22.7 Å². The van der Waals surface area contributed by atoms with Gasteiger partial charge in [0.15, 0.2) is 0 Å². The van der Waals surface area contributed by atoms with E-state index in [1.807, 2.05) is 18.2 Å². The van der Waals surface area contributed by atoms with Crippen molar-refractivity contribution in [3.63, 3.8) is 0 Å². The van der Waals surface area contributed by atoms with Crippen LogP contribution >= 0.6 is 11.6 Å². The van der Waals surface area contributed by atoms with Crippen molar-refractivity contribution < 1.29 is 0 Å². The summed E-state index contributed by atoms with van der Waals surface area (Å²) >= 11 is 6.27. The van der Waals surface area contributed by atoms with Crippen molar-refractivity contribution in [2.75, 3.05) is 24.5 Å². The maximum absolute atomic E-state index is 7.52. The van der Waals surface area contributed by atoms with Gasteiger partial charge in [-0.25, -0.2) is 0 Å². The molecule has 2 unspecified atom stereocenters. The number of hydrogen-bond donors (Lipinski definition) is 2. The van der Waals surface area contributed by atoms with Gasteiger partial charge in [0.25, 0.3) is 0 Å². The molecule has 2 heterocycles. The summed E-state index contributed by atoms with van der Waals surface area (Å²) in [7, 11) is 0. The Morgan fingerprint density at radius 1 is 1.33 bits per heavy atom. The summed E-state index contributed by atoms with van der Waals surface area (Å²) in [6.45, 7) is 5.71. The molecular weight excluding hydrogens is 284 g/mol. The predicted octanol–water partition coefficient (Wildman–Crippen LogP) is 2.69. The molecule has 4 nitrogen and oxygen atoms in total. The fourth-order valence-electron chi connectivity index (χ4n) is 3.61. The second kappa shape index (κ2) is 5.85. The van der Waals surface area contributed by atoms with Crippen molar-refractivity contribution in [3.05, 3.63) is 28.8 Å². The average Bonchev–Trinajstić information content (AvgIpc) is 2.46. The molecule has 0 bridgehead atoms. The first-order valence-electron chi connectivity index (χ1n) is 7.71. The molecule has 2 aliphatic rings. The number of hydrogen-bond acceptors (Lipinski definition) is 3. The molecule has 114 valence electrons. The number of amidine groups is 1. The average molecular weight is 307 g/mol. The summed E-state index contributed by atoms with van der Waals surface area (Å²) in [5.74, 6) is 0.0247. The minimum Gasteiger partial charge on any atom is -0.384 e. The number of piperazine rings is 1. The molecule has 3 rings (SSSR count). The molecule has 5 heteroatoms. The number of nitrogens with two attached hydrogens (primary N) is 1. The topological polar surface area (TPSA) is 56.4 Å². The van der Waals surface area contributed by atoms with E-state index in [2.05, 4.69) is 16.7 Å². The molecule has 3 N–H and O–H groups in total. The highest BCUT2D eigenvalue weighted by molar-refractivity contribution is 6.34. The Hall–Kier alpha value is -1.26. The lowest BCUT2D eigenvalue weighted by molar-refractivity contribution is 0.115. The number of anilines is 1. The number of nitrogens with zero attached hydrogens (tertiary/aromatic N) is 2. The van der Waals surface area contributed by atoms with Crippen molar-refractivity contribution in [1.29, 1.82) is 5.41 Å². The Morgan fingerprint density at radius 3 is 2.86 bits per heavy atom. The smallest absolute Gasteiger partial charge is 0.124 e. The quantitative estimate of drug-likeness (QED) is 0.652. The Labute approximate surface area is 131 Å². The lowest BCUT2D eigenvalue weighted by Gasteiger charge is -2.48. The Bertz CT molecular complexity index is 545. The predicted molar refractivity (Wildman–Crippen MR) is 88.5 cm³/mol. The monoisotopic (exact) mass is 306 g/mol. The van der Waals surface area contributed by atoms with E-state index in [9.17, 15) is 0 Å². The molecule has 0 saturated carbocycles. The highest BCUT2D eigenvalue weighted by Gasteiger charge is 2.33. The van der Waals surface area contributed by atoms with Crippen LogP contribution in [0.5, 0.6) is 0 Å². The van der Waals surface area contributed by atoms with Gasteiger partial charge in [-0.15, -0.1) is 0 Å². The molecule has 2 aliphatic heterocycles. The summed E-state index contributed by atoms with van der Waals surface area (Å²) < 4.78 is 0. The summed E-state index contributed by atoms with van der Waals surface area (Å²) in [5, 5.41) is 8.09. The maximum Gasteiger partial charge on any atom is 0.124 e. The van der Waals surface area contributed by atoms with E-state index in [0.717, 1.165) is 18.8 Å². The third-order valence-electron chi connectivity index (χ3n) is 4.76. The van der Waals surface area contributed by atoms with Gasteiger partial charge in [0.2, 0.25) is 0 Å².